The predicted octanol–water partition coefficient (Wildman–Crippen LogP) is 2.39. The van der Waals surface area contributed by atoms with Gasteiger partial charge in [0.25, 0.3) is 0 Å². The maximum absolute atomic E-state index is 11.6. The number of carbonyl (C=O) groups excluding carboxylic acids is 2. The maximum Gasteiger partial charge on any atom is 0.407 e. The van der Waals surface area contributed by atoms with E-state index < -0.39 is 11.7 Å². The fourth-order valence-electron chi connectivity index (χ4n) is 2.01. The van der Waals surface area contributed by atoms with Gasteiger partial charge in [-0.1, -0.05) is 0 Å². The number of hydrogen-bond donors (Lipinski definition) is 3. The Hall–Kier alpha value is -2.71. The number of amides is 1. The van der Waals surface area contributed by atoms with Crippen LogP contribution in [0.1, 0.15) is 34.1 Å². The number of ether oxygens (including phenoxy) is 3. The summed E-state index contributed by atoms with van der Waals surface area (Å²) in [5.74, 6) is 0.655. The smallest absolute Gasteiger partial charge is 0.407 e. The molecular weight excluding hydrogens is 352 g/mol. The van der Waals surface area contributed by atoms with Gasteiger partial charge in [-0.25, -0.2) is 4.79 Å². The molecule has 9 nitrogen and oxygen atoms in total. The number of esters is 1. The highest BCUT2D eigenvalue weighted by atomic mass is 16.6. The number of nitrogens with zero attached hydrogens (tertiary/aromatic N) is 1. The van der Waals surface area contributed by atoms with E-state index in [2.05, 4.69) is 20.9 Å². The van der Waals surface area contributed by atoms with Crippen molar-refractivity contribution in [1.29, 1.82) is 0 Å². The summed E-state index contributed by atoms with van der Waals surface area (Å²) in [5, 5.41) is 8.85. The van der Waals surface area contributed by atoms with Crippen LogP contribution in [-0.4, -0.2) is 56.0 Å². The van der Waals surface area contributed by atoms with Crippen molar-refractivity contribution in [3.63, 3.8) is 0 Å². The van der Waals surface area contributed by atoms with Gasteiger partial charge in [0.05, 0.1) is 19.4 Å². The SMILES string of the molecule is CCOC(=O)CNc1ccc(OC)nc1NCCCNC(=O)OC(C)(C)C. The van der Waals surface area contributed by atoms with Crippen molar-refractivity contribution < 1.29 is 23.8 Å². The number of carbonyl (C=O) groups is 2. The molecule has 0 atom stereocenters. The first-order chi connectivity index (χ1) is 12.7. The van der Waals surface area contributed by atoms with Crippen LogP contribution in [0, 0.1) is 0 Å². The van der Waals surface area contributed by atoms with Crippen LogP contribution in [0.15, 0.2) is 12.1 Å². The minimum absolute atomic E-state index is 0.0384. The molecule has 152 valence electrons. The van der Waals surface area contributed by atoms with Gasteiger partial charge in [0, 0.05) is 19.2 Å². The second-order valence-corrected chi connectivity index (χ2v) is 6.62. The maximum atomic E-state index is 11.6. The first-order valence-electron chi connectivity index (χ1n) is 8.90. The van der Waals surface area contributed by atoms with Crippen molar-refractivity contribution >= 4 is 23.6 Å². The summed E-state index contributed by atoms with van der Waals surface area (Å²) in [6, 6.07) is 3.47. The Kier molecular flexibility index (Phi) is 9.18. The topological polar surface area (TPSA) is 111 Å². The highest BCUT2D eigenvalue weighted by molar-refractivity contribution is 5.77. The van der Waals surface area contributed by atoms with E-state index in [0.29, 0.717) is 43.5 Å². The van der Waals surface area contributed by atoms with E-state index in [4.69, 9.17) is 14.2 Å². The molecule has 0 aliphatic rings. The molecule has 0 fully saturated rings. The summed E-state index contributed by atoms with van der Waals surface area (Å²) in [4.78, 5) is 27.4. The second kappa shape index (κ2) is 11.1. The fourth-order valence-corrected chi connectivity index (χ4v) is 2.01. The number of aromatic nitrogens is 1. The normalized spacial score (nSPS) is 10.7. The van der Waals surface area contributed by atoms with E-state index in [0.717, 1.165) is 0 Å². The molecule has 0 radical (unpaired) electrons. The Morgan fingerprint density at radius 2 is 1.89 bits per heavy atom. The zero-order valence-electron chi connectivity index (χ0n) is 16.7. The minimum atomic E-state index is -0.521. The molecule has 9 heteroatoms. The van der Waals surface area contributed by atoms with Crippen molar-refractivity contribution in [2.75, 3.05) is 44.0 Å². The molecule has 27 heavy (non-hydrogen) atoms. The second-order valence-electron chi connectivity index (χ2n) is 6.62. The molecule has 0 bridgehead atoms. The minimum Gasteiger partial charge on any atom is -0.481 e. The molecule has 0 aliphatic heterocycles. The summed E-state index contributed by atoms with van der Waals surface area (Å²) >= 11 is 0. The molecule has 0 saturated heterocycles. The average Bonchev–Trinajstić information content (AvgIpc) is 2.58. The number of hydrogen-bond acceptors (Lipinski definition) is 8. The first kappa shape index (κ1) is 22.3. The Labute approximate surface area is 160 Å². The summed E-state index contributed by atoms with van der Waals surface area (Å²) in [6.07, 6.45) is 0.217. The Morgan fingerprint density at radius 1 is 1.15 bits per heavy atom. The van der Waals surface area contributed by atoms with Gasteiger partial charge in [0.15, 0.2) is 5.82 Å². The third-order valence-corrected chi connectivity index (χ3v) is 3.12. The zero-order valence-corrected chi connectivity index (χ0v) is 16.7. The van der Waals surface area contributed by atoms with Crippen LogP contribution in [0.5, 0.6) is 5.88 Å². The van der Waals surface area contributed by atoms with Gasteiger partial charge in [-0.05, 0) is 40.2 Å². The van der Waals surface area contributed by atoms with Crippen LogP contribution in [0.25, 0.3) is 0 Å². The summed E-state index contributed by atoms with van der Waals surface area (Å²) < 4.78 is 15.2. The Balaban J connectivity index is 2.49. The van der Waals surface area contributed by atoms with Crippen molar-refractivity contribution in [2.45, 2.75) is 39.7 Å². The van der Waals surface area contributed by atoms with Gasteiger partial charge in [-0.15, -0.1) is 0 Å². The third kappa shape index (κ3) is 9.53. The van der Waals surface area contributed by atoms with Crippen molar-refractivity contribution in [3.05, 3.63) is 12.1 Å². The lowest BCUT2D eigenvalue weighted by atomic mass is 10.2. The van der Waals surface area contributed by atoms with Crippen molar-refractivity contribution in [2.24, 2.45) is 0 Å². The van der Waals surface area contributed by atoms with E-state index in [1.54, 1.807) is 19.1 Å². The lowest BCUT2D eigenvalue weighted by Crippen LogP contribution is -2.33. The molecule has 1 aromatic heterocycles. The Morgan fingerprint density at radius 3 is 2.52 bits per heavy atom. The lowest BCUT2D eigenvalue weighted by molar-refractivity contribution is -0.140. The van der Waals surface area contributed by atoms with Gasteiger partial charge in [0.2, 0.25) is 5.88 Å². The van der Waals surface area contributed by atoms with Gasteiger partial charge in [-0.3, -0.25) is 4.79 Å². The molecule has 0 aliphatic carbocycles. The van der Waals surface area contributed by atoms with E-state index >= 15 is 0 Å². The molecule has 0 aromatic carbocycles. The fraction of sp³-hybridized carbons (Fsp3) is 0.611. The summed E-state index contributed by atoms with van der Waals surface area (Å²) in [6.45, 7) is 8.58. The van der Waals surface area contributed by atoms with Crippen LogP contribution in [0.2, 0.25) is 0 Å². The Bertz CT molecular complexity index is 616. The number of rotatable bonds is 10. The molecule has 0 unspecified atom stereocenters. The van der Waals surface area contributed by atoms with Crippen LogP contribution >= 0.6 is 0 Å². The molecule has 1 heterocycles. The van der Waals surface area contributed by atoms with E-state index in [-0.39, 0.29) is 12.5 Å². The van der Waals surface area contributed by atoms with Gasteiger partial charge in [0.1, 0.15) is 12.1 Å². The van der Waals surface area contributed by atoms with Gasteiger partial charge >= 0.3 is 12.1 Å². The largest absolute Gasteiger partial charge is 0.481 e. The number of methoxy groups -OCH3 is 1. The lowest BCUT2D eigenvalue weighted by Gasteiger charge is -2.19. The first-order valence-corrected chi connectivity index (χ1v) is 8.90. The molecule has 0 spiro atoms. The van der Waals surface area contributed by atoms with E-state index in [1.807, 2.05) is 20.8 Å². The van der Waals surface area contributed by atoms with Crippen LogP contribution in [-0.2, 0) is 14.3 Å². The van der Waals surface area contributed by atoms with Crippen LogP contribution < -0.4 is 20.7 Å². The molecule has 1 aromatic rings. The van der Waals surface area contributed by atoms with E-state index in [1.165, 1.54) is 7.11 Å². The predicted molar refractivity (Wildman–Crippen MR) is 103 cm³/mol. The highest BCUT2D eigenvalue weighted by Gasteiger charge is 2.15. The summed E-state index contributed by atoms with van der Waals surface area (Å²) in [7, 11) is 1.53. The molecule has 0 saturated carbocycles. The van der Waals surface area contributed by atoms with Crippen molar-refractivity contribution in [3.8, 4) is 5.88 Å². The van der Waals surface area contributed by atoms with Crippen LogP contribution in [0.4, 0.5) is 16.3 Å². The monoisotopic (exact) mass is 382 g/mol. The quantitative estimate of drug-likeness (QED) is 0.418. The molecule has 3 N–H and O–H groups in total. The molecule has 1 rings (SSSR count). The van der Waals surface area contributed by atoms with Gasteiger partial charge < -0.3 is 30.2 Å². The summed E-state index contributed by atoms with van der Waals surface area (Å²) in [5.41, 5.74) is 0.135. The van der Waals surface area contributed by atoms with E-state index in [9.17, 15) is 9.59 Å². The number of nitrogens with one attached hydrogen (secondary N) is 3. The number of alkyl carbamates (subject to hydrolysis) is 1. The highest BCUT2D eigenvalue weighted by Crippen LogP contribution is 2.22. The molecular formula is C18H30N4O5. The average molecular weight is 382 g/mol. The number of anilines is 2. The van der Waals surface area contributed by atoms with Crippen molar-refractivity contribution in [1.82, 2.24) is 10.3 Å². The molecule has 1 amide bonds. The van der Waals surface area contributed by atoms with Crippen LogP contribution in [0.3, 0.4) is 0 Å². The standard InChI is InChI=1S/C18H30N4O5/c1-6-26-15(23)12-21-13-8-9-14(25-5)22-16(13)19-10-7-11-20-17(24)27-18(2,3)4/h8-9,21H,6-7,10-12H2,1-5H3,(H,19,22)(H,20,24). The number of pyridine rings is 1. The zero-order chi connectivity index (χ0) is 20.3. The van der Waals surface area contributed by atoms with Gasteiger partial charge in [-0.2, -0.15) is 4.98 Å². The third-order valence-electron chi connectivity index (χ3n) is 3.12.